The smallest absolute Gasteiger partial charge is 0.245 e. The predicted octanol–water partition coefficient (Wildman–Crippen LogP) is 2.05. The molecule has 0 aliphatic rings. The van der Waals surface area contributed by atoms with Crippen LogP contribution in [-0.4, -0.2) is 32.9 Å². The second-order valence-corrected chi connectivity index (χ2v) is 5.52. The molecule has 8 nitrogen and oxygen atoms in total. The Morgan fingerprint density at radius 2 is 2.12 bits per heavy atom. The zero-order chi connectivity index (χ0) is 17.8. The highest BCUT2D eigenvalue weighted by molar-refractivity contribution is 5.80. The number of rotatable bonds is 6. The Balaban J connectivity index is 1.93. The van der Waals surface area contributed by atoms with Gasteiger partial charge in [-0.05, 0) is 19.1 Å². The molecule has 0 unspecified atom stereocenters. The molecular weight excluding hydrogens is 322 g/mol. The monoisotopic (exact) mass is 341 g/mol. The van der Waals surface area contributed by atoms with Crippen molar-refractivity contribution in [3.8, 4) is 5.75 Å². The maximum Gasteiger partial charge on any atom is 0.245 e. The highest BCUT2D eigenvalue weighted by atomic mass is 16.5. The molecule has 0 aliphatic heterocycles. The molecule has 0 aliphatic carbocycles. The largest absolute Gasteiger partial charge is 0.496 e. The van der Waals surface area contributed by atoms with Gasteiger partial charge in [0.15, 0.2) is 5.82 Å². The third kappa shape index (κ3) is 3.52. The summed E-state index contributed by atoms with van der Waals surface area (Å²) in [6, 6.07) is 8.08. The Kier molecular flexibility index (Phi) is 4.78. The lowest BCUT2D eigenvalue weighted by atomic mass is 10.0. The maximum absolute atomic E-state index is 12.7. The number of carbonyl (C=O) groups is 1. The summed E-state index contributed by atoms with van der Waals surface area (Å²) >= 11 is 0. The van der Waals surface area contributed by atoms with E-state index in [-0.39, 0.29) is 5.91 Å². The number of nitrogens with zero attached hydrogens (tertiary/aromatic N) is 4. The molecule has 0 saturated carbocycles. The van der Waals surface area contributed by atoms with Gasteiger partial charge in [0.25, 0.3) is 0 Å². The summed E-state index contributed by atoms with van der Waals surface area (Å²) in [6.45, 7) is 3.47. The molecule has 1 amide bonds. The van der Waals surface area contributed by atoms with Gasteiger partial charge in [-0.15, -0.1) is 0 Å². The van der Waals surface area contributed by atoms with Crippen molar-refractivity contribution < 1.29 is 14.1 Å². The van der Waals surface area contributed by atoms with E-state index in [1.54, 1.807) is 44.1 Å². The van der Waals surface area contributed by atoms with Gasteiger partial charge in [0.05, 0.1) is 7.11 Å². The lowest BCUT2D eigenvalue weighted by Gasteiger charge is -2.21. The third-order valence-corrected chi connectivity index (χ3v) is 3.84. The fourth-order valence-electron chi connectivity index (χ4n) is 2.51. The summed E-state index contributed by atoms with van der Waals surface area (Å²) in [7, 11) is 1.57. The van der Waals surface area contributed by atoms with E-state index in [9.17, 15) is 4.79 Å². The van der Waals surface area contributed by atoms with Crippen LogP contribution in [-0.2, 0) is 4.79 Å². The number of aromatic nitrogens is 4. The van der Waals surface area contributed by atoms with E-state index in [4.69, 9.17) is 9.26 Å². The molecule has 1 aromatic carbocycles. The van der Waals surface area contributed by atoms with Gasteiger partial charge in [0, 0.05) is 24.9 Å². The van der Waals surface area contributed by atoms with Crippen LogP contribution in [0.3, 0.4) is 0 Å². The molecule has 0 spiro atoms. The molecule has 3 rings (SSSR count). The Hall–Kier alpha value is -3.16. The Morgan fingerprint density at radius 3 is 2.76 bits per heavy atom. The van der Waals surface area contributed by atoms with Crippen molar-refractivity contribution in [2.45, 2.75) is 25.9 Å². The maximum atomic E-state index is 12.7. The third-order valence-electron chi connectivity index (χ3n) is 3.84. The number of nitrogens with one attached hydrogen (secondary N) is 1. The van der Waals surface area contributed by atoms with Gasteiger partial charge in [0.2, 0.25) is 11.8 Å². The first kappa shape index (κ1) is 16.7. The number of carbonyl (C=O) groups excluding carboxylic acids is 1. The first-order chi connectivity index (χ1) is 12.1. The molecule has 2 aromatic heterocycles. The highest BCUT2D eigenvalue weighted by Crippen LogP contribution is 2.29. The number of benzene rings is 1. The van der Waals surface area contributed by atoms with Gasteiger partial charge in [-0.3, -0.25) is 9.48 Å². The summed E-state index contributed by atoms with van der Waals surface area (Å²) < 4.78 is 12.1. The quantitative estimate of drug-likeness (QED) is 0.737. The SMILES string of the molecule is COc1ccccc1[C@H](NC(=O)[C@@H](C)n1cccn1)c1noc(C)n1. The number of hydrogen-bond acceptors (Lipinski definition) is 6. The van der Waals surface area contributed by atoms with Crippen LogP contribution >= 0.6 is 0 Å². The Bertz CT molecular complexity index is 844. The molecule has 2 atom stereocenters. The van der Waals surface area contributed by atoms with Crippen LogP contribution in [0.2, 0.25) is 0 Å². The number of aryl methyl sites for hydroxylation is 1. The molecule has 130 valence electrons. The van der Waals surface area contributed by atoms with E-state index < -0.39 is 12.1 Å². The molecule has 2 heterocycles. The summed E-state index contributed by atoms with van der Waals surface area (Å²) in [4.78, 5) is 17.0. The van der Waals surface area contributed by atoms with E-state index in [0.29, 0.717) is 17.5 Å². The van der Waals surface area contributed by atoms with Crippen LogP contribution in [0.15, 0.2) is 47.2 Å². The molecule has 25 heavy (non-hydrogen) atoms. The number of para-hydroxylation sites is 1. The lowest BCUT2D eigenvalue weighted by molar-refractivity contribution is -0.124. The second-order valence-electron chi connectivity index (χ2n) is 5.52. The van der Waals surface area contributed by atoms with Gasteiger partial charge in [0.1, 0.15) is 17.8 Å². The average Bonchev–Trinajstić information content (AvgIpc) is 3.30. The van der Waals surface area contributed by atoms with Gasteiger partial charge < -0.3 is 14.6 Å². The molecule has 8 heteroatoms. The van der Waals surface area contributed by atoms with Gasteiger partial charge in [-0.1, -0.05) is 23.4 Å². The summed E-state index contributed by atoms with van der Waals surface area (Å²) in [5.74, 6) is 1.19. The van der Waals surface area contributed by atoms with Crippen molar-refractivity contribution in [3.05, 3.63) is 60.0 Å². The van der Waals surface area contributed by atoms with Crippen molar-refractivity contribution in [1.29, 1.82) is 0 Å². The van der Waals surface area contributed by atoms with Crippen LogP contribution in [0.25, 0.3) is 0 Å². The Morgan fingerprint density at radius 1 is 1.32 bits per heavy atom. The Labute approximate surface area is 144 Å². The van der Waals surface area contributed by atoms with E-state index in [1.807, 2.05) is 24.3 Å². The second kappa shape index (κ2) is 7.16. The van der Waals surface area contributed by atoms with Crippen LogP contribution in [0.5, 0.6) is 5.75 Å². The molecule has 0 radical (unpaired) electrons. The fraction of sp³-hybridized carbons (Fsp3) is 0.294. The lowest BCUT2D eigenvalue weighted by Crippen LogP contribution is -2.35. The number of ether oxygens (including phenoxy) is 1. The standard InChI is InChI=1S/C17H19N5O3/c1-11(22-10-6-9-18-22)17(23)20-15(16-19-12(2)25-21-16)13-7-4-5-8-14(13)24-3/h4-11,15H,1-3H3,(H,20,23)/t11-,15+/m1/s1. The average molecular weight is 341 g/mol. The predicted molar refractivity (Wildman–Crippen MR) is 89.0 cm³/mol. The minimum absolute atomic E-state index is 0.220. The topological polar surface area (TPSA) is 95.1 Å². The molecule has 0 saturated heterocycles. The van der Waals surface area contributed by atoms with Crippen molar-refractivity contribution in [2.24, 2.45) is 0 Å². The minimum atomic E-state index is -0.598. The van der Waals surface area contributed by atoms with E-state index in [1.165, 1.54) is 0 Å². The van der Waals surface area contributed by atoms with Gasteiger partial charge in [-0.25, -0.2) is 0 Å². The number of methoxy groups -OCH3 is 1. The zero-order valence-electron chi connectivity index (χ0n) is 14.2. The molecular formula is C17H19N5O3. The first-order valence-corrected chi connectivity index (χ1v) is 7.82. The van der Waals surface area contributed by atoms with Crippen molar-refractivity contribution in [3.63, 3.8) is 0 Å². The van der Waals surface area contributed by atoms with E-state index in [2.05, 4.69) is 20.6 Å². The normalized spacial score (nSPS) is 13.2. The van der Waals surface area contributed by atoms with Crippen LogP contribution < -0.4 is 10.1 Å². The molecule has 3 aromatic rings. The van der Waals surface area contributed by atoms with Gasteiger partial charge in [-0.2, -0.15) is 10.1 Å². The molecule has 0 fully saturated rings. The summed E-state index contributed by atoms with van der Waals surface area (Å²) in [5, 5.41) is 11.0. The molecule has 1 N–H and O–H groups in total. The van der Waals surface area contributed by atoms with Crippen molar-refractivity contribution >= 4 is 5.91 Å². The first-order valence-electron chi connectivity index (χ1n) is 7.82. The number of hydrogen-bond donors (Lipinski definition) is 1. The van der Waals surface area contributed by atoms with Crippen molar-refractivity contribution in [2.75, 3.05) is 7.11 Å². The highest BCUT2D eigenvalue weighted by Gasteiger charge is 2.27. The molecule has 0 bridgehead atoms. The van der Waals surface area contributed by atoms with Crippen LogP contribution in [0.1, 0.15) is 36.3 Å². The van der Waals surface area contributed by atoms with Crippen LogP contribution in [0.4, 0.5) is 0 Å². The van der Waals surface area contributed by atoms with E-state index >= 15 is 0 Å². The minimum Gasteiger partial charge on any atom is -0.496 e. The fourth-order valence-corrected chi connectivity index (χ4v) is 2.51. The summed E-state index contributed by atoms with van der Waals surface area (Å²) in [6.07, 6.45) is 3.37. The van der Waals surface area contributed by atoms with Crippen molar-refractivity contribution in [1.82, 2.24) is 25.2 Å². The van der Waals surface area contributed by atoms with E-state index in [0.717, 1.165) is 5.56 Å². The summed E-state index contributed by atoms with van der Waals surface area (Å²) in [5.41, 5.74) is 0.742. The van der Waals surface area contributed by atoms with Crippen LogP contribution in [0, 0.1) is 6.92 Å². The zero-order valence-corrected chi connectivity index (χ0v) is 14.2. The number of amides is 1. The van der Waals surface area contributed by atoms with Gasteiger partial charge >= 0.3 is 0 Å².